The predicted octanol–water partition coefficient (Wildman–Crippen LogP) is 1.85. The van der Waals surface area contributed by atoms with Crippen LogP contribution in [0.5, 0.6) is 0 Å². The maximum Gasteiger partial charge on any atom is 0.103 e. The van der Waals surface area contributed by atoms with Crippen LogP contribution in [0.1, 0.15) is 24.0 Å². The minimum absolute atomic E-state index is 0.477. The molecule has 1 saturated heterocycles. The number of nitrogens with two attached hydrogens (primary N) is 1. The summed E-state index contributed by atoms with van der Waals surface area (Å²) in [7, 11) is 0. The second kappa shape index (κ2) is 6.20. The molecule has 1 aromatic rings. The maximum atomic E-state index is 5.62. The van der Waals surface area contributed by atoms with Crippen molar-refractivity contribution in [1.29, 1.82) is 0 Å². The molecule has 3 rings (SSSR count). The van der Waals surface area contributed by atoms with Crippen LogP contribution in [0, 0.1) is 5.92 Å². The van der Waals surface area contributed by atoms with Gasteiger partial charge < -0.3 is 10.6 Å². The van der Waals surface area contributed by atoms with E-state index in [9.17, 15) is 0 Å². The van der Waals surface area contributed by atoms with Crippen molar-refractivity contribution in [3.63, 3.8) is 0 Å². The van der Waals surface area contributed by atoms with E-state index in [1.807, 2.05) is 12.1 Å². The van der Waals surface area contributed by atoms with Gasteiger partial charge in [-0.3, -0.25) is 4.90 Å². The first-order chi connectivity index (χ1) is 9.70. The van der Waals surface area contributed by atoms with Gasteiger partial charge in [-0.2, -0.15) is 0 Å². The molecule has 1 aliphatic carbocycles. The Morgan fingerprint density at radius 1 is 1.05 bits per heavy atom. The highest BCUT2D eigenvalue weighted by molar-refractivity contribution is 7.80. The third-order valence-electron chi connectivity index (χ3n) is 4.32. The summed E-state index contributed by atoms with van der Waals surface area (Å²) in [6.45, 7) is 7.18. The average molecular weight is 289 g/mol. The van der Waals surface area contributed by atoms with Crippen molar-refractivity contribution in [3.05, 3.63) is 35.4 Å². The van der Waals surface area contributed by atoms with Crippen LogP contribution in [0.2, 0.25) is 0 Å². The van der Waals surface area contributed by atoms with E-state index in [1.54, 1.807) is 0 Å². The van der Waals surface area contributed by atoms with E-state index in [-0.39, 0.29) is 0 Å². The lowest BCUT2D eigenvalue weighted by molar-refractivity contribution is 0.123. The number of benzene rings is 1. The Hall–Kier alpha value is -0.970. The van der Waals surface area contributed by atoms with Crippen molar-refractivity contribution < 1.29 is 0 Å². The Bertz CT molecular complexity index is 459. The third-order valence-corrected chi connectivity index (χ3v) is 4.56. The van der Waals surface area contributed by atoms with Crippen molar-refractivity contribution in [3.8, 4) is 0 Å². The Morgan fingerprint density at radius 2 is 1.65 bits per heavy atom. The molecule has 1 aliphatic heterocycles. The first-order valence-corrected chi connectivity index (χ1v) is 7.95. The molecule has 2 aliphatic rings. The van der Waals surface area contributed by atoms with Gasteiger partial charge in [-0.1, -0.05) is 36.5 Å². The van der Waals surface area contributed by atoms with E-state index in [2.05, 4.69) is 21.9 Å². The molecular formula is C16H23N3S. The normalized spacial score (nSPS) is 21.0. The molecule has 4 heteroatoms. The average Bonchev–Trinajstić information content (AvgIpc) is 3.26. The molecule has 0 amide bonds. The molecule has 0 aromatic heterocycles. The lowest BCUT2D eigenvalue weighted by Crippen LogP contribution is -2.46. The van der Waals surface area contributed by atoms with Crippen LogP contribution in [0.15, 0.2) is 24.3 Å². The van der Waals surface area contributed by atoms with Gasteiger partial charge in [-0.15, -0.1) is 0 Å². The third kappa shape index (κ3) is 3.78. The fourth-order valence-corrected chi connectivity index (χ4v) is 2.96. The number of thiocarbonyl (C=S) groups is 1. The van der Waals surface area contributed by atoms with E-state index in [0.29, 0.717) is 4.99 Å². The summed E-state index contributed by atoms with van der Waals surface area (Å²) in [4.78, 5) is 5.65. The molecule has 2 N–H and O–H groups in total. The van der Waals surface area contributed by atoms with Crippen LogP contribution in [0.25, 0.3) is 0 Å². The Labute approximate surface area is 126 Å². The number of nitrogens with zero attached hydrogens (tertiary/aromatic N) is 2. The SMILES string of the molecule is NC(=S)c1ccc(CN2CCN(CC3CC3)CC2)cc1. The zero-order chi connectivity index (χ0) is 13.9. The number of piperazine rings is 1. The quantitative estimate of drug-likeness (QED) is 0.839. The minimum atomic E-state index is 0.477. The molecule has 3 nitrogen and oxygen atoms in total. The van der Waals surface area contributed by atoms with Crippen molar-refractivity contribution in [2.45, 2.75) is 19.4 Å². The molecule has 1 saturated carbocycles. The van der Waals surface area contributed by atoms with E-state index in [0.717, 1.165) is 18.0 Å². The highest BCUT2D eigenvalue weighted by Gasteiger charge is 2.26. The summed E-state index contributed by atoms with van der Waals surface area (Å²) in [6, 6.07) is 8.35. The van der Waals surface area contributed by atoms with Gasteiger partial charge in [0.2, 0.25) is 0 Å². The number of hydrogen-bond donors (Lipinski definition) is 1. The largest absolute Gasteiger partial charge is 0.389 e. The molecule has 0 bridgehead atoms. The van der Waals surface area contributed by atoms with Crippen LogP contribution < -0.4 is 5.73 Å². The second-order valence-electron chi connectivity index (χ2n) is 6.08. The number of rotatable bonds is 5. The second-order valence-corrected chi connectivity index (χ2v) is 6.52. The van der Waals surface area contributed by atoms with Gasteiger partial charge in [0.1, 0.15) is 4.99 Å². The summed E-state index contributed by atoms with van der Waals surface area (Å²) in [6.07, 6.45) is 2.91. The molecular weight excluding hydrogens is 266 g/mol. The zero-order valence-electron chi connectivity index (χ0n) is 11.9. The van der Waals surface area contributed by atoms with Crippen LogP contribution in [-0.2, 0) is 6.54 Å². The molecule has 2 fully saturated rings. The molecule has 20 heavy (non-hydrogen) atoms. The summed E-state index contributed by atoms with van der Waals surface area (Å²) < 4.78 is 0. The minimum Gasteiger partial charge on any atom is -0.389 e. The van der Waals surface area contributed by atoms with Crippen LogP contribution in [0.4, 0.5) is 0 Å². The van der Waals surface area contributed by atoms with Gasteiger partial charge in [0.05, 0.1) is 0 Å². The van der Waals surface area contributed by atoms with Crippen LogP contribution in [-0.4, -0.2) is 47.5 Å². The fourth-order valence-electron chi connectivity index (χ4n) is 2.83. The van der Waals surface area contributed by atoms with Crippen LogP contribution >= 0.6 is 12.2 Å². The van der Waals surface area contributed by atoms with Gasteiger partial charge >= 0.3 is 0 Å². The van der Waals surface area contributed by atoms with E-state index in [4.69, 9.17) is 18.0 Å². The first kappa shape index (κ1) is 14.0. The molecule has 1 heterocycles. The summed E-state index contributed by atoms with van der Waals surface area (Å²) in [5.41, 5.74) is 7.93. The number of hydrogen-bond acceptors (Lipinski definition) is 3. The van der Waals surface area contributed by atoms with Gasteiger partial charge in [-0.25, -0.2) is 0 Å². The monoisotopic (exact) mass is 289 g/mol. The van der Waals surface area contributed by atoms with Gasteiger partial charge in [0.25, 0.3) is 0 Å². The van der Waals surface area contributed by atoms with Gasteiger partial charge in [-0.05, 0) is 24.3 Å². The lowest BCUT2D eigenvalue weighted by Gasteiger charge is -2.34. The van der Waals surface area contributed by atoms with E-state index < -0.39 is 0 Å². The zero-order valence-corrected chi connectivity index (χ0v) is 12.7. The fraction of sp³-hybridized carbons (Fsp3) is 0.562. The predicted molar refractivity (Wildman–Crippen MR) is 86.8 cm³/mol. The highest BCUT2D eigenvalue weighted by Crippen LogP contribution is 2.29. The molecule has 0 spiro atoms. The lowest BCUT2D eigenvalue weighted by atomic mass is 10.1. The van der Waals surface area contributed by atoms with Crippen molar-refractivity contribution >= 4 is 17.2 Å². The summed E-state index contributed by atoms with van der Waals surface area (Å²) in [5, 5.41) is 0. The Morgan fingerprint density at radius 3 is 2.20 bits per heavy atom. The van der Waals surface area contributed by atoms with Crippen LogP contribution in [0.3, 0.4) is 0 Å². The summed E-state index contributed by atoms with van der Waals surface area (Å²) >= 11 is 4.98. The Balaban J connectivity index is 1.47. The van der Waals surface area contributed by atoms with Crippen molar-refractivity contribution in [2.75, 3.05) is 32.7 Å². The van der Waals surface area contributed by atoms with Crippen molar-refractivity contribution in [2.24, 2.45) is 11.7 Å². The molecule has 0 atom stereocenters. The molecule has 108 valence electrons. The first-order valence-electron chi connectivity index (χ1n) is 7.54. The molecule has 0 radical (unpaired) electrons. The molecule has 0 unspecified atom stereocenters. The van der Waals surface area contributed by atoms with Gasteiger partial charge in [0.15, 0.2) is 0 Å². The standard InChI is InChI=1S/C16H23N3S/c17-16(20)15-5-3-14(4-6-15)12-19-9-7-18(8-10-19)11-13-1-2-13/h3-6,13H,1-2,7-12H2,(H2,17,20). The van der Waals surface area contributed by atoms with Crippen molar-refractivity contribution in [1.82, 2.24) is 9.80 Å². The highest BCUT2D eigenvalue weighted by atomic mass is 32.1. The van der Waals surface area contributed by atoms with E-state index in [1.165, 1.54) is 51.1 Å². The summed E-state index contributed by atoms with van der Waals surface area (Å²) in [5.74, 6) is 1.01. The smallest absolute Gasteiger partial charge is 0.103 e. The Kier molecular flexibility index (Phi) is 4.34. The van der Waals surface area contributed by atoms with Gasteiger partial charge in [0, 0.05) is 44.8 Å². The maximum absolute atomic E-state index is 5.62. The topological polar surface area (TPSA) is 32.5 Å². The molecule has 1 aromatic carbocycles. The van der Waals surface area contributed by atoms with E-state index >= 15 is 0 Å².